The van der Waals surface area contributed by atoms with E-state index < -0.39 is 30.1 Å². The van der Waals surface area contributed by atoms with Crippen LogP contribution in [0.2, 0.25) is 0 Å². The molecule has 4 amide bonds. The third kappa shape index (κ3) is 3.91. The summed E-state index contributed by atoms with van der Waals surface area (Å²) < 4.78 is 5.30. The van der Waals surface area contributed by atoms with Crippen LogP contribution in [0.4, 0.5) is 5.69 Å². The van der Waals surface area contributed by atoms with Gasteiger partial charge in [-0.1, -0.05) is 32.0 Å². The van der Waals surface area contributed by atoms with Crippen LogP contribution in [0.5, 0.6) is 0 Å². The summed E-state index contributed by atoms with van der Waals surface area (Å²) in [5.41, 5.74) is -0.999. The number of imide groups is 1. The first kappa shape index (κ1) is 22.7. The number of rotatable bonds is 6. The van der Waals surface area contributed by atoms with Gasteiger partial charge < -0.3 is 9.64 Å². The Bertz CT molecular complexity index is 1130. The molecule has 2 aliphatic rings. The molecule has 9 nitrogen and oxygen atoms in total. The Kier molecular flexibility index (Phi) is 6.03. The van der Waals surface area contributed by atoms with Crippen molar-refractivity contribution in [2.75, 3.05) is 18.1 Å². The number of hydrogen-bond donors (Lipinski definition) is 1. The molecule has 1 atom stereocenters. The van der Waals surface area contributed by atoms with Crippen molar-refractivity contribution in [2.45, 2.75) is 32.4 Å². The van der Waals surface area contributed by atoms with Gasteiger partial charge in [0, 0.05) is 19.4 Å². The first-order valence-corrected chi connectivity index (χ1v) is 11.4. The van der Waals surface area contributed by atoms with E-state index in [0.717, 1.165) is 0 Å². The Balaban J connectivity index is 1.61. The van der Waals surface area contributed by atoms with E-state index in [1.54, 1.807) is 41.8 Å². The maximum Gasteiger partial charge on any atom is 0.354 e. The molecule has 2 aliphatic heterocycles. The summed E-state index contributed by atoms with van der Waals surface area (Å²) in [6, 6.07) is 9.87. The Labute approximate surface area is 194 Å². The zero-order valence-electron chi connectivity index (χ0n) is 18.2. The van der Waals surface area contributed by atoms with Crippen molar-refractivity contribution in [1.29, 1.82) is 0 Å². The van der Waals surface area contributed by atoms with E-state index in [2.05, 4.69) is 5.32 Å². The van der Waals surface area contributed by atoms with Crippen LogP contribution < -0.4 is 10.2 Å². The Morgan fingerprint density at radius 2 is 1.91 bits per heavy atom. The van der Waals surface area contributed by atoms with Gasteiger partial charge in [0.1, 0.15) is 0 Å². The number of esters is 1. The van der Waals surface area contributed by atoms with Gasteiger partial charge in [-0.25, -0.2) is 4.79 Å². The third-order valence-electron chi connectivity index (χ3n) is 5.58. The Morgan fingerprint density at radius 3 is 2.61 bits per heavy atom. The number of thiophene rings is 1. The van der Waals surface area contributed by atoms with E-state index in [-0.39, 0.29) is 37.1 Å². The molecule has 10 heteroatoms. The number of carbonyl (C=O) groups is 5. The van der Waals surface area contributed by atoms with Crippen LogP contribution in [0, 0.1) is 5.92 Å². The smallest absolute Gasteiger partial charge is 0.354 e. The van der Waals surface area contributed by atoms with Crippen LogP contribution in [-0.2, 0) is 19.1 Å². The number of anilines is 1. The second-order valence-electron chi connectivity index (χ2n) is 8.30. The summed E-state index contributed by atoms with van der Waals surface area (Å²) in [4.78, 5) is 67.1. The lowest BCUT2D eigenvalue weighted by molar-refractivity contribution is -0.160. The van der Waals surface area contributed by atoms with Gasteiger partial charge in [0.05, 0.1) is 16.1 Å². The highest BCUT2D eigenvalue weighted by atomic mass is 32.1. The first-order valence-electron chi connectivity index (χ1n) is 10.5. The normalized spacial score (nSPS) is 19.4. The van der Waals surface area contributed by atoms with Crippen molar-refractivity contribution in [3.63, 3.8) is 0 Å². The largest absolute Gasteiger partial charge is 0.452 e. The number of ether oxygens (including phenoxy) is 1. The molecule has 1 N–H and O–H groups in total. The van der Waals surface area contributed by atoms with E-state index in [4.69, 9.17) is 4.74 Å². The molecule has 0 spiro atoms. The van der Waals surface area contributed by atoms with Crippen LogP contribution >= 0.6 is 11.3 Å². The van der Waals surface area contributed by atoms with E-state index in [1.165, 1.54) is 21.1 Å². The van der Waals surface area contributed by atoms with Gasteiger partial charge in [-0.15, -0.1) is 11.3 Å². The number of para-hydroxylation sites is 1. The molecule has 1 aromatic heterocycles. The summed E-state index contributed by atoms with van der Waals surface area (Å²) in [5, 5.41) is 3.87. The fourth-order valence-electron chi connectivity index (χ4n) is 4.24. The molecule has 1 aromatic carbocycles. The number of fused-ring (bicyclic) bond motifs is 3. The SMILES string of the molecule is CC(C)CN1C(=O)c2ccccc2N2C(=O)CCC12C(=O)OCC(=O)NC(=O)c1cccs1. The van der Waals surface area contributed by atoms with E-state index in [0.29, 0.717) is 16.1 Å². The van der Waals surface area contributed by atoms with Gasteiger partial charge in [0.2, 0.25) is 11.6 Å². The van der Waals surface area contributed by atoms with Crippen molar-refractivity contribution in [2.24, 2.45) is 5.92 Å². The number of benzene rings is 1. The van der Waals surface area contributed by atoms with Crippen LogP contribution in [0.3, 0.4) is 0 Å². The summed E-state index contributed by atoms with van der Waals surface area (Å²) in [7, 11) is 0. The summed E-state index contributed by atoms with van der Waals surface area (Å²) in [6.45, 7) is 3.30. The molecular weight excluding hydrogens is 446 g/mol. The number of nitrogens with one attached hydrogen (secondary N) is 1. The van der Waals surface area contributed by atoms with Crippen molar-refractivity contribution < 1.29 is 28.7 Å². The monoisotopic (exact) mass is 469 g/mol. The summed E-state index contributed by atoms with van der Waals surface area (Å²) in [5.74, 6) is -2.95. The number of carbonyl (C=O) groups excluding carboxylic acids is 5. The average Bonchev–Trinajstić information content (AvgIpc) is 3.44. The average molecular weight is 470 g/mol. The highest BCUT2D eigenvalue weighted by Crippen LogP contribution is 2.45. The van der Waals surface area contributed by atoms with Gasteiger partial charge in [-0.2, -0.15) is 0 Å². The van der Waals surface area contributed by atoms with Crippen molar-refractivity contribution in [3.05, 3.63) is 52.2 Å². The lowest BCUT2D eigenvalue weighted by atomic mass is 9.95. The molecule has 33 heavy (non-hydrogen) atoms. The zero-order chi connectivity index (χ0) is 23.8. The zero-order valence-corrected chi connectivity index (χ0v) is 19.0. The van der Waals surface area contributed by atoms with Gasteiger partial charge in [0.15, 0.2) is 6.61 Å². The molecule has 3 heterocycles. The maximum absolute atomic E-state index is 13.4. The minimum Gasteiger partial charge on any atom is -0.452 e. The quantitative estimate of drug-likeness (QED) is 0.649. The molecule has 0 radical (unpaired) electrons. The molecular formula is C23H23N3O6S. The fraction of sp³-hybridized carbons (Fsp3) is 0.348. The Hall–Kier alpha value is -3.53. The topological polar surface area (TPSA) is 113 Å². The lowest BCUT2D eigenvalue weighted by Gasteiger charge is -2.48. The predicted octanol–water partition coefficient (Wildman–Crippen LogP) is 2.18. The summed E-state index contributed by atoms with van der Waals surface area (Å²) >= 11 is 1.17. The van der Waals surface area contributed by atoms with Crippen LogP contribution in [0.15, 0.2) is 41.8 Å². The van der Waals surface area contributed by atoms with Crippen molar-refractivity contribution >= 4 is 46.6 Å². The first-order chi connectivity index (χ1) is 15.8. The number of amides is 4. The highest BCUT2D eigenvalue weighted by Gasteiger charge is 2.62. The molecule has 1 unspecified atom stereocenters. The molecule has 0 saturated carbocycles. The molecule has 172 valence electrons. The standard InChI is InChI=1S/C23H23N3O6S/c1-14(2)12-25-21(30)15-6-3-4-7-16(15)26-19(28)9-10-23(25,26)22(31)32-13-18(27)24-20(29)17-8-5-11-33-17/h3-8,11,14H,9-10,12-13H2,1-2H3,(H,24,27,29). The molecule has 0 bridgehead atoms. The minimum atomic E-state index is -1.68. The van der Waals surface area contributed by atoms with E-state index >= 15 is 0 Å². The van der Waals surface area contributed by atoms with Crippen LogP contribution in [-0.4, -0.2) is 53.3 Å². The summed E-state index contributed by atoms with van der Waals surface area (Å²) in [6.07, 6.45) is 0.0988. The number of hydrogen-bond acceptors (Lipinski definition) is 7. The lowest BCUT2D eigenvalue weighted by Crippen LogP contribution is -2.69. The predicted molar refractivity (Wildman–Crippen MR) is 120 cm³/mol. The van der Waals surface area contributed by atoms with Crippen LogP contribution in [0.25, 0.3) is 0 Å². The van der Waals surface area contributed by atoms with Gasteiger partial charge in [0.25, 0.3) is 17.7 Å². The van der Waals surface area contributed by atoms with E-state index in [9.17, 15) is 24.0 Å². The second kappa shape index (κ2) is 8.78. The molecule has 2 aromatic rings. The van der Waals surface area contributed by atoms with Crippen molar-refractivity contribution in [3.8, 4) is 0 Å². The third-order valence-corrected chi connectivity index (χ3v) is 6.45. The second-order valence-corrected chi connectivity index (χ2v) is 9.25. The van der Waals surface area contributed by atoms with Gasteiger partial charge in [-0.3, -0.25) is 29.4 Å². The number of nitrogens with zero attached hydrogens (tertiary/aromatic N) is 2. The van der Waals surface area contributed by atoms with E-state index in [1.807, 2.05) is 13.8 Å². The fourth-order valence-corrected chi connectivity index (χ4v) is 4.86. The van der Waals surface area contributed by atoms with Gasteiger partial charge >= 0.3 is 5.97 Å². The maximum atomic E-state index is 13.4. The molecule has 1 fully saturated rings. The highest BCUT2D eigenvalue weighted by molar-refractivity contribution is 7.12. The molecule has 1 saturated heterocycles. The van der Waals surface area contributed by atoms with Crippen LogP contribution in [0.1, 0.15) is 46.7 Å². The molecule has 0 aliphatic carbocycles. The Morgan fingerprint density at radius 1 is 1.15 bits per heavy atom. The van der Waals surface area contributed by atoms with Crippen molar-refractivity contribution in [1.82, 2.24) is 10.2 Å². The molecule has 4 rings (SSSR count). The van der Waals surface area contributed by atoms with Gasteiger partial charge in [-0.05, 0) is 29.5 Å². The minimum absolute atomic E-state index is 0.00755.